The first-order valence-corrected chi connectivity index (χ1v) is 7.80. The summed E-state index contributed by atoms with van der Waals surface area (Å²) < 4.78 is 10.3. The third-order valence-corrected chi connectivity index (χ3v) is 3.96. The van der Waals surface area contributed by atoms with Crippen LogP contribution in [0.5, 0.6) is 0 Å². The summed E-state index contributed by atoms with van der Waals surface area (Å²) in [5, 5.41) is 0. The maximum Gasteiger partial charge on any atom is 0.332 e. The highest BCUT2D eigenvalue weighted by Gasteiger charge is 2.43. The van der Waals surface area contributed by atoms with Crippen molar-refractivity contribution in [3.8, 4) is 0 Å². The minimum absolute atomic E-state index is 0.0586. The Bertz CT molecular complexity index is 767. The number of rotatable bonds is 6. The number of ether oxygens (including phenoxy) is 2. The van der Waals surface area contributed by atoms with Crippen molar-refractivity contribution in [3.05, 3.63) is 71.3 Å². The predicted octanol–water partition coefficient (Wildman–Crippen LogP) is 2.04. The molecule has 128 valence electrons. The number of carbonyl (C=O) groups excluding carboxylic acids is 3. The average Bonchev–Trinajstić information content (AvgIpc) is 2.90. The van der Waals surface area contributed by atoms with Crippen LogP contribution in [0.1, 0.15) is 26.3 Å². The lowest BCUT2D eigenvalue weighted by Gasteiger charge is -2.23. The molecular weight excluding hydrogens is 322 g/mol. The van der Waals surface area contributed by atoms with Gasteiger partial charge < -0.3 is 9.47 Å². The molecule has 6 heteroatoms. The second-order valence-electron chi connectivity index (χ2n) is 5.59. The number of amides is 2. The van der Waals surface area contributed by atoms with E-state index in [-0.39, 0.29) is 24.3 Å². The molecule has 0 aliphatic carbocycles. The molecule has 2 aromatic carbocycles. The van der Waals surface area contributed by atoms with E-state index in [1.807, 2.05) is 30.3 Å². The molecule has 0 radical (unpaired) electrons. The van der Waals surface area contributed by atoms with Gasteiger partial charge in [-0.05, 0) is 17.7 Å². The largest absolute Gasteiger partial charge is 0.459 e. The van der Waals surface area contributed by atoms with E-state index in [2.05, 4.69) is 0 Å². The van der Waals surface area contributed by atoms with E-state index >= 15 is 0 Å². The minimum Gasteiger partial charge on any atom is -0.459 e. The maximum absolute atomic E-state index is 12.5. The number of benzene rings is 2. The molecule has 25 heavy (non-hydrogen) atoms. The van der Waals surface area contributed by atoms with E-state index in [1.54, 1.807) is 24.3 Å². The van der Waals surface area contributed by atoms with Crippen molar-refractivity contribution < 1.29 is 23.9 Å². The summed E-state index contributed by atoms with van der Waals surface area (Å²) >= 11 is 0. The zero-order valence-corrected chi connectivity index (χ0v) is 13.7. The van der Waals surface area contributed by atoms with Crippen molar-refractivity contribution in [3.63, 3.8) is 0 Å². The summed E-state index contributed by atoms with van der Waals surface area (Å²) in [6.07, 6.45) is 0. The fraction of sp³-hybridized carbons (Fsp3) is 0.211. The first-order valence-electron chi connectivity index (χ1n) is 7.80. The molecule has 1 heterocycles. The van der Waals surface area contributed by atoms with E-state index in [1.165, 1.54) is 7.11 Å². The van der Waals surface area contributed by atoms with Gasteiger partial charge in [0.05, 0.1) is 17.7 Å². The summed E-state index contributed by atoms with van der Waals surface area (Å²) in [6.45, 7) is -0.0673. The molecule has 0 saturated heterocycles. The van der Waals surface area contributed by atoms with Gasteiger partial charge in [-0.2, -0.15) is 0 Å². The Kier molecular flexibility index (Phi) is 4.90. The Balaban J connectivity index is 1.78. The molecule has 1 atom stereocenters. The Hall–Kier alpha value is -2.99. The van der Waals surface area contributed by atoms with Crippen molar-refractivity contribution in [2.75, 3.05) is 13.7 Å². The SMILES string of the molecule is COC[C@H](C(=O)OCc1ccccc1)N1C(=O)c2ccccc2C1=O. The molecule has 0 bridgehead atoms. The lowest BCUT2D eigenvalue weighted by atomic mass is 10.1. The molecule has 0 spiro atoms. The van der Waals surface area contributed by atoms with Crippen LogP contribution >= 0.6 is 0 Å². The molecule has 3 rings (SSSR count). The fourth-order valence-electron chi connectivity index (χ4n) is 2.72. The van der Waals surface area contributed by atoms with E-state index in [9.17, 15) is 14.4 Å². The van der Waals surface area contributed by atoms with Gasteiger partial charge in [-0.15, -0.1) is 0 Å². The zero-order valence-electron chi connectivity index (χ0n) is 13.7. The molecule has 2 amide bonds. The number of fused-ring (bicyclic) bond motifs is 1. The summed E-state index contributed by atoms with van der Waals surface area (Å²) in [4.78, 5) is 38.5. The monoisotopic (exact) mass is 339 g/mol. The summed E-state index contributed by atoms with van der Waals surface area (Å²) in [7, 11) is 1.40. The lowest BCUT2D eigenvalue weighted by molar-refractivity contribution is -0.151. The standard InChI is InChI=1S/C19H17NO5/c1-24-12-16(19(23)25-11-13-7-3-2-4-8-13)20-17(21)14-9-5-6-10-15(14)18(20)22/h2-10,16H,11-12H2,1H3/t16-/m1/s1. The van der Waals surface area contributed by atoms with Gasteiger partial charge in [0.2, 0.25) is 0 Å². The van der Waals surface area contributed by atoms with Crippen LogP contribution < -0.4 is 0 Å². The van der Waals surface area contributed by atoms with Crippen LogP contribution in [0.2, 0.25) is 0 Å². The van der Waals surface area contributed by atoms with E-state index in [0.717, 1.165) is 10.5 Å². The van der Waals surface area contributed by atoms with Gasteiger partial charge >= 0.3 is 5.97 Å². The van der Waals surface area contributed by atoms with Gasteiger partial charge in [0.1, 0.15) is 6.61 Å². The average molecular weight is 339 g/mol. The van der Waals surface area contributed by atoms with E-state index in [4.69, 9.17) is 9.47 Å². The quantitative estimate of drug-likeness (QED) is 0.595. The Labute approximate surface area is 145 Å². The van der Waals surface area contributed by atoms with Crippen molar-refractivity contribution >= 4 is 17.8 Å². The van der Waals surface area contributed by atoms with Crippen LogP contribution in [0.15, 0.2) is 54.6 Å². The second-order valence-corrected chi connectivity index (χ2v) is 5.59. The smallest absolute Gasteiger partial charge is 0.332 e. The van der Waals surface area contributed by atoms with Crippen LogP contribution in [0.25, 0.3) is 0 Å². The molecular formula is C19H17NO5. The topological polar surface area (TPSA) is 72.9 Å². The Morgan fingerprint density at radius 2 is 1.52 bits per heavy atom. The number of hydrogen-bond donors (Lipinski definition) is 0. The molecule has 2 aromatic rings. The number of hydrogen-bond acceptors (Lipinski definition) is 5. The highest BCUT2D eigenvalue weighted by atomic mass is 16.5. The van der Waals surface area contributed by atoms with Gasteiger partial charge in [0, 0.05) is 7.11 Å². The Morgan fingerprint density at radius 3 is 2.08 bits per heavy atom. The second kappa shape index (κ2) is 7.27. The van der Waals surface area contributed by atoms with Crippen molar-refractivity contribution in [2.24, 2.45) is 0 Å². The number of esters is 1. The fourth-order valence-corrected chi connectivity index (χ4v) is 2.72. The van der Waals surface area contributed by atoms with Crippen molar-refractivity contribution in [1.29, 1.82) is 0 Å². The first-order chi connectivity index (χ1) is 12.1. The molecule has 0 fully saturated rings. The predicted molar refractivity (Wildman–Crippen MR) is 88.8 cm³/mol. The number of imide groups is 1. The first kappa shape index (κ1) is 16.9. The molecule has 1 aliphatic heterocycles. The summed E-state index contributed by atoms with van der Waals surface area (Å²) in [5.41, 5.74) is 1.38. The molecule has 1 aliphatic rings. The zero-order chi connectivity index (χ0) is 17.8. The third kappa shape index (κ3) is 3.29. The minimum atomic E-state index is -1.12. The maximum atomic E-state index is 12.5. The number of carbonyl (C=O) groups is 3. The highest BCUT2D eigenvalue weighted by molar-refractivity contribution is 6.22. The normalized spacial score (nSPS) is 14.4. The van der Waals surface area contributed by atoms with Crippen LogP contribution in [0.4, 0.5) is 0 Å². The number of methoxy groups -OCH3 is 1. The number of nitrogens with zero attached hydrogens (tertiary/aromatic N) is 1. The van der Waals surface area contributed by atoms with E-state index in [0.29, 0.717) is 0 Å². The van der Waals surface area contributed by atoms with Crippen LogP contribution in [-0.2, 0) is 20.9 Å². The molecule has 6 nitrogen and oxygen atoms in total. The van der Waals surface area contributed by atoms with Crippen LogP contribution in [0, 0.1) is 0 Å². The molecule has 0 unspecified atom stereocenters. The van der Waals surface area contributed by atoms with Gasteiger partial charge in [0.25, 0.3) is 11.8 Å². The van der Waals surface area contributed by atoms with Gasteiger partial charge in [0.15, 0.2) is 6.04 Å². The van der Waals surface area contributed by atoms with Crippen molar-refractivity contribution in [1.82, 2.24) is 4.90 Å². The van der Waals surface area contributed by atoms with Gasteiger partial charge in [-0.1, -0.05) is 42.5 Å². The van der Waals surface area contributed by atoms with E-state index < -0.39 is 23.8 Å². The highest BCUT2D eigenvalue weighted by Crippen LogP contribution is 2.25. The third-order valence-electron chi connectivity index (χ3n) is 3.96. The van der Waals surface area contributed by atoms with Crippen LogP contribution in [0.3, 0.4) is 0 Å². The van der Waals surface area contributed by atoms with Crippen molar-refractivity contribution in [2.45, 2.75) is 12.6 Å². The van der Waals surface area contributed by atoms with Gasteiger partial charge in [-0.25, -0.2) is 4.79 Å². The molecule has 0 N–H and O–H groups in total. The van der Waals surface area contributed by atoms with Crippen LogP contribution in [-0.4, -0.2) is 42.4 Å². The Morgan fingerprint density at radius 1 is 0.960 bits per heavy atom. The lowest BCUT2D eigenvalue weighted by Crippen LogP contribution is -2.48. The van der Waals surface area contributed by atoms with Gasteiger partial charge in [-0.3, -0.25) is 14.5 Å². The molecule has 0 saturated carbocycles. The summed E-state index contributed by atoms with van der Waals surface area (Å²) in [6, 6.07) is 14.5. The molecule has 0 aromatic heterocycles. The summed E-state index contributed by atoms with van der Waals surface area (Å²) in [5.74, 6) is -1.71.